The number of thiophene rings is 1. The van der Waals surface area contributed by atoms with Crippen molar-refractivity contribution in [1.29, 1.82) is 0 Å². The number of rotatable bonds is 1. The van der Waals surface area contributed by atoms with E-state index >= 15 is 0 Å². The molecule has 0 saturated carbocycles. The van der Waals surface area contributed by atoms with E-state index < -0.39 is 0 Å². The molecule has 0 bridgehead atoms. The van der Waals surface area contributed by atoms with Crippen molar-refractivity contribution >= 4 is 50.2 Å². The molecule has 2 aromatic rings. The standard InChI is InChI=1S/C10H8BrClN2S2/c11-5-3-7(15-9(5)12)10-14-6-1-2-13-4-8(6)16-10/h3,13H,1-2,4H2. The number of hydrogen-bond donors (Lipinski definition) is 1. The van der Waals surface area contributed by atoms with Crippen LogP contribution in [0.15, 0.2) is 10.5 Å². The fourth-order valence-electron chi connectivity index (χ4n) is 1.68. The molecular weight excluding hydrogens is 328 g/mol. The summed E-state index contributed by atoms with van der Waals surface area (Å²) in [7, 11) is 0. The van der Waals surface area contributed by atoms with Crippen molar-refractivity contribution < 1.29 is 0 Å². The van der Waals surface area contributed by atoms with Gasteiger partial charge in [0.2, 0.25) is 0 Å². The van der Waals surface area contributed by atoms with Crippen LogP contribution in [0.4, 0.5) is 0 Å². The zero-order chi connectivity index (χ0) is 11.1. The van der Waals surface area contributed by atoms with Crippen LogP contribution < -0.4 is 5.32 Å². The van der Waals surface area contributed by atoms with E-state index in [1.807, 2.05) is 6.07 Å². The number of fused-ring (bicyclic) bond motifs is 1. The zero-order valence-corrected chi connectivity index (χ0v) is 12.2. The molecule has 1 aliphatic rings. The highest BCUT2D eigenvalue weighted by Gasteiger charge is 2.17. The Morgan fingerprint density at radius 3 is 3.00 bits per heavy atom. The van der Waals surface area contributed by atoms with Crippen LogP contribution in [0.1, 0.15) is 10.6 Å². The van der Waals surface area contributed by atoms with E-state index in [2.05, 4.69) is 26.2 Å². The van der Waals surface area contributed by atoms with Crippen molar-refractivity contribution in [3.05, 3.63) is 25.4 Å². The number of thiazole rings is 1. The molecule has 16 heavy (non-hydrogen) atoms. The molecule has 0 radical (unpaired) electrons. The van der Waals surface area contributed by atoms with Gasteiger partial charge in [0.15, 0.2) is 0 Å². The third-order valence-electron chi connectivity index (χ3n) is 2.46. The fraction of sp³-hybridized carbons (Fsp3) is 0.300. The lowest BCUT2D eigenvalue weighted by Crippen LogP contribution is -2.22. The number of nitrogens with one attached hydrogen (secondary N) is 1. The summed E-state index contributed by atoms with van der Waals surface area (Å²) in [5, 5.41) is 4.45. The van der Waals surface area contributed by atoms with E-state index in [1.165, 1.54) is 10.6 Å². The van der Waals surface area contributed by atoms with Crippen molar-refractivity contribution in [2.45, 2.75) is 13.0 Å². The second-order valence-corrected chi connectivity index (χ2v) is 7.14. The summed E-state index contributed by atoms with van der Waals surface area (Å²) in [5.41, 5.74) is 1.25. The molecular formula is C10H8BrClN2S2. The maximum atomic E-state index is 6.04. The van der Waals surface area contributed by atoms with Gasteiger partial charge in [-0.1, -0.05) is 11.6 Å². The highest BCUT2D eigenvalue weighted by Crippen LogP contribution is 2.40. The molecule has 0 fully saturated rings. The second kappa shape index (κ2) is 4.38. The molecule has 0 spiro atoms. The number of nitrogens with zero attached hydrogens (tertiary/aromatic N) is 1. The number of halogens is 2. The molecule has 2 nitrogen and oxygen atoms in total. The van der Waals surface area contributed by atoms with Crippen LogP contribution in [-0.2, 0) is 13.0 Å². The number of aromatic nitrogens is 1. The monoisotopic (exact) mass is 334 g/mol. The molecule has 0 unspecified atom stereocenters. The Morgan fingerprint density at radius 1 is 1.44 bits per heavy atom. The van der Waals surface area contributed by atoms with Gasteiger partial charge < -0.3 is 5.32 Å². The SMILES string of the molecule is Clc1sc(-c2nc3c(s2)CNCC3)cc1Br. The Balaban J connectivity index is 2.03. The second-order valence-electron chi connectivity index (χ2n) is 3.55. The Labute approximate surface area is 115 Å². The third-order valence-corrected chi connectivity index (χ3v) is 6.20. The van der Waals surface area contributed by atoms with Crippen LogP contribution in [0, 0.1) is 0 Å². The van der Waals surface area contributed by atoms with E-state index in [4.69, 9.17) is 11.6 Å². The molecule has 1 N–H and O–H groups in total. The molecule has 0 saturated heterocycles. The van der Waals surface area contributed by atoms with Crippen LogP contribution in [-0.4, -0.2) is 11.5 Å². The lowest BCUT2D eigenvalue weighted by Gasteiger charge is -2.09. The molecule has 0 aliphatic carbocycles. The summed E-state index contributed by atoms with van der Waals surface area (Å²) in [4.78, 5) is 7.20. The summed E-state index contributed by atoms with van der Waals surface area (Å²) in [5.74, 6) is 0. The minimum absolute atomic E-state index is 0.793. The van der Waals surface area contributed by atoms with E-state index in [-0.39, 0.29) is 0 Å². The van der Waals surface area contributed by atoms with Gasteiger partial charge in [0.1, 0.15) is 9.34 Å². The molecule has 3 rings (SSSR count). The first-order valence-electron chi connectivity index (χ1n) is 4.88. The van der Waals surface area contributed by atoms with Crippen LogP contribution in [0.2, 0.25) is 4.34 Å². The molecule has 84 valence electrons. The van der Waals surface area contributed by atoms with E-state index in [0.717, 1.165) is 38.2 Å². The molecule has 6 heteroatoms. The van der Waals surface area contributed by atoms with Gasteiger partial charge in [-0.3, -0.25) is 0 Å². The first kappa shape index (κ1) is 11.2. The smallest absolute Gasteiger partial charge is 0.134 e. The van der Waals surface area contributed by atoms with Crippen molar-refractivity contribution in [3.63, 3.8) is 0 Å². The molecule has 3 heterocycles. The van der Waals surface area contributed by atoms with Crippen molar-refractivity contribution in [3.8, 4) is 9.88 Å². The van der Waals surface area contributed by atoms with Crippen LogP contribution >= 0.6 is 50.2 Å². The zero-order valence-electron chi connectivity index (χ0n) is 8.22. The molecule has 2 aromatic heterocycles. The average molecular weight is 336 g/mol. The molecule has 0 amide bonds. The van der Waals surface area contributed by atoms with Gasteiger partial charge in [0.05, 0.1) is 10.6 Å². The summed E-state index contributed by atoms with van der Waals surface area (Å²) in [6.45, 7) is 1.98. The van der Waals surface area contributed by atoms with Gasteiger partial charge in [-0.05, 0) is 22.0 Å². The van der Waals surface area contributed by atoms with Gasteiger partial charge >= 0.3 is 0 Å². The van der Waals surface area contributed by atoms with Crippen molar-refractivity contribution in [1.82, 2.24) is 10.3 Å². The van der Waals surface area contributed by atoms with Crippen molar-refractivity contribution in [2.75, 3.05) is 6.54 Å². The normalized spacial score (nSPS) is 15.1. The maximum Gasteiger partial charge on any atom is 0.134 e. The van der Waals surface area contributed by atoms with Gasteiger partial charge in [-0.2, -0.15) is 0 Å². The largest absolute Gasteiger partial charge is 0.311 e. The quantitative estimate of drug-likeness (QED) is 0.854. The maximum absolute atomic E-state index is 6.04. The lowest BCUT2D eigenvalue weighted by atomic mass is 10.2. The minimum atomic E-state index is 0.793. The van der Waals surface area contributed by atoms with E-state index in [1.54, 1.807) is 22.7 Å². The predicted molar refractivity (Wildman–Crippen MR) is 73.5 cm³/mol. The Kier molecular flexibility index (Phi) is 3.06. The molecule has 1 aliphatic heterocycles. The predicted octanol–water partition coefficient (Wildman–Crippen LogP) is 3.93. The fourth-order valence-corrected chi connectivity index (χ4v) is 4.51. The highest BCUT2D eigenvalue weighted by atomic mass is 79.9. The van der Waals surface area contributed by atoms with Gasteiger partial charge in [-0.25, -0.2) is 4.98 Å². The summed E-state index contributed by atoms with van der Waals surface area (Å²) >= 11 is 12.8. The van der Waals surface area contributed by atoms with Crippen LogP contribution in [0.5, 0.6) is 0 Å². The lowest BCUT2D eigenvalue weighted by molar-refractivity contribution is 0.644. The van der Waals surface area contributed by atoms with E-state index in [0.29, 0.717) is 0 Å². The number of hydrogen-bond acceptors (Lipinski definition) is 4. The first-order chi connectivity index (χ1) is 7.74. The highest BCUT2D eigenvalue weighted by molar-refractivity contribution is 9.10. The van der Waals surface area contributed by atoms with E-state index in [9.17, 15) is 0 Å². The Bertz CT molecular complexity index is 492. The topological polar surface area (TPSA) is 24.9 Å². The summed E-state index contributed by atoms with van der Waals surface area (Å²) in [6, 6.07) is 2.05. The molecule has 0 aromatic carbocycles. The van der Waals surface area contributed by atoms with Gasteiger partial charge in [0, 0.05) is 28.9 Å². The van der Waals surface area contributed by atoms with Gasteiger partial charge in [0.25, 0.3) is 0 Å². The van der Waals surface area contributed by atoms with Crippen LogP contribution in [0.25, 0.3) is 9.88 Å². The average Bonchev–Trinajstić information content (AvgIpc) is 2.83. The third kappa shape index (κ3) is 1.95. The minimum Gasteiger partial charge on any atom is -0.311 e. The van der Waals surface area contributed by atoms with Gasteiger partial charge in [-0.15, -0.1) is 22.7 Å². The van der Waals surface area contributed by atoms with Crippen LogP contribution in [0.3, 0.4) is 0 Å². The summed E-state index contributed by atoms with van der Waals surface area (Å²) < 4.78 is 1.75. The first-order valence-corrected chi connectivity index (χ1v) is 7.69. The molecule has 0 atom stereocenters. The summed E-state index contributed by atoms with van der Waals surface area (Å²) in [6.07, 6.45) is 1.03. The van der Waals surface area contributed by atoms with Crippen molar-refractivity contribution in [2.24, 2.45) is 0 Å². The Hall–Kier alpha value is 0.0600. The Morgan fingerprint density at radius 2 is 2.31 bits per heavy atom.